The van der Waals surface area contributed by atoms with Crippen molar-refractivity contribution in [2.45, 2.75) is 20.4 Å². The lowest BCUT2D eigenvalue weighted by Crippen LogP contribution is -2.20. The molecule has 0 radical (unpaired) electrons. The number of amides is 1. The SMILES string of the molecule is COc1ccc(NC(=O)Cn2c(-c3ccccc3)cc(C(C)=O)c2C)cc1. The second-order valence-electron chi connectivity index (χ2n) is 6.31. The number of carbonyl (C=O) groups is 2. The quantitative estimate of drug-likeness (QED) is 0.665. The molecule has 1 amide bonds. The highest BCUT2D eigenvalue weighted by Gasteiger charge is 2.18. The van der Waals surface area contributed by atoms with Crippen LogP contribution in [0.25, 0.3) is 11.3 Å². The Hall–Kier alpha value is -3.34. The summed E-state index contributed by atoms with van der Waals surface area (Å²) < 4.78 is 7.01. The van der Waals surface area contributed by atoms with Crippen molar-refractivity contribution in [2.75, 3.05) is 12.4 Å². The van der Waals surface area contributed by atoms with Gasteiger partial charge in [0.05, 0.1) is 7.11 Å². The minimum atomic E-state index is -0.161. The fourth-order valence-electron chi connectivity index (χ4n) is 3.07. The fourth-order valence-corrected chi connectivity index (χ4v) is 3.07. The second kappa shape index (κ2) is 7.91. The number of aromatic nitrogens is 1. The van der Waals surface area contributed by atoms with Gasteiger partial charge in [-0.15, -0.1) is 0 Å². The van der Waals surface area contributed by atoms with Gasteiger partial charge >= 0.3 is 0 Å². The molecule has 0 aliphatic carbocycles. The van der Waals surface area contributed by atoms with Gasteiger partial charge in [0.25, 0.3) is 0 Å². The van der Waals surface area contributed by atoms with Gasteiger partial charge in [0.15, 0.2) is 5.78 Å². The van der Waals surface area contributed by atoms with Crippen molar-refractivity contribution in [3.05, 3.63) is 71.9 Å². The van der Waals surface area contributed by atoms with E-state index in [1.165, 1.54) is 0 Å². The van der Waals surface area contributed by atoms with E-state index in [0.717, 1.165) is 22.7 Å². The zero-order valence-electron chi connectivity index (χ0n) is 15.7. The van der Waals surface area contributed by atoms with E-state index in [1.54, 1.807) is 38.3 Å². The highest BCUT2D eigenvalue weighted by Crippen LogP contribution is 2.26. The van der Waals surface area contributed by atoms with Crippen LogP contribution < -0.4 is 10.1 Å². The number of rotatable bonds is 6. The van der Waals surface area contributed by atoms with Gasteiger partial charge in [-0.2, -0.15) is 0 Å². The number of hydrogen-bond acceptors (Lipinski definition) is 3. The molecule has 0 spiro atoms. The number of ether oxygens (including phenoxy) is 1. The number of Topliss-reactive ketones (excluding diaryl/α,β-unsaturated/α-hetero) is 1. The van der Waals surface area contributed by atoms with Crippen molar-refractivity contribution in [3.63, 3.8) is 0 Å². The molecule has 0 bridgehead atoms. The molecule has 0 saturated heterocycles. The number of anilines is 1. The Kier molecular flexibility index (Phi) is 5.41. The van der Waals surface area contributed by atoms with Crippen LogP contribution in [0.3, 0.4) is 0 Å². The minimum Gasteiger partial charge on any atom is -0.497 e. The average molecular weight is 362 g/mol. The fraction of sp³-hybridized carbons (Fsp3) is 0.182. The van der Waals surface area contributed by atoms with Crippen molar-refractivity contribution in [2.24, 2.45) is 0 Å². The smallest absolute Gasteiger partial charge is 0.244 e. The van der Waals surface area contributed by atoms with Gasteiger partial charge in [0, 0.05) is 22.6 Å². The number of nitrogens with one attached hydrogen (secondary N) is 1. The molecule has 0 unspecified atom stereocenters. The van der Waals surface area contributed by atoms with Crippen molar-refractivity contribution in [1.29, 1.82) is 0 Å². The summed E-state index contributed by atoms with van der Waals surface area (Å²) in [5, 5.41) is 2.89. The third-order valence-electron chi connectivity index (χ3n) is 4.49. The third kappa shape index (κ3) is 4.08. The first-order valence-electron chi connectivity index (χ1n) is 8.70. The van der Waals surface area contributed by atoms with Crippen LogP contribution in [0, 0.1) is 6.92 Å². The number of ketones is 1. The molecule has 0 saturated carbocycles. The molecule has 1 N–H and O–H groups in total. The van der Waals surface area contributed by atoms with Gasteiger partial charge in [-0.1, -0.05) is 30.3 Å². The molecule has 5 nitrogen and oxygen atoms in total. The molecule has 138 valence electrons. The van der Waals surface area contributed by atoms with E-state index in [1.807, 2.05) is 47.9 Å². The first kappa shape index (κ1) is 18.5. The maximum Gasteiger partial charge on any atom is 0.244 e. The van der Waals surface area contributed by atoms with E-state index in [4.69, 9.17) is 4.74 Å². The Balaban J connectivity index is 1.88. The Morgan fingerprint density at radius 3 is 2.30 bits per heavy atom. The molecular formula is C22H22N2O3. The Morgan fingerprint density at radius 2 is 1.70 bits per heavy atom. The van der Waals surface area contributed by atoms with E-state index in [9.17, 15) is 9.59 Å². The molecule has 0 aliphatic heterocycles. The number of methoxy groups -OCH3 is 1. The molecule has 5 heteroatoms. The molecule has 27 heavy (non-hydrogen) atoms. The van der Waals surface area contributed by atoms with Crippen LogP contribution in [0.2, 0.25) is 0 Å². The van der Waals surface area contributed by atoms with Gasteiger partial charge < -0.3 is 14.6 Å². The first-order valence-corrected chi connectivity index (χ1v) is 8.70. The van der Waals surface area contributed by atoms with Crippen LogP contribution in [0.1, 0.15) is 23.0 Å². The number of carbonyl (C=O) groups excluding carboxylic acids is 2. The zero-order valence-corrected chi connectivity index (χ0v) is 15.7. The molecule has 1 heterocycles. The van der Waals surface area contributed by atoms with Gasteiger partial charge in [0.1, 0.15) is 12.3 Å². The maximum absolute atomic E-state index is 12.6. The van der Waals surface area contributed by atoms with Crippen molar-refractivity contribution in [1.82, 2.24) is 4.57 Å². The van der Waals surface area contributed by atoms with Gasteiger partial charge in [-0.25, -0.2) is 0 Å². The van der Waals surface area contributed by atoms with Crippen molar-refractivity contribution >= 4 is 17.4 Å². The monoisotopic (exact) mass is 362 g/mol. The summed E-state index contributed by atoms with van der Waals surface area (Å²) in [6.45, 7) is 3.53. The van der Waals surface area contributed by atoms with E-state index in [0.29, 0.717) is 11.3 Å². The summed E-state index contributed by atoms with van der Waals surface area (Å²) in [6, 6.07) is 18.8. The Labute approximate surface area is 158 Å². The molecule has 0 aliphatic rings. The maximum atomic E-state index is 12.6. The highest BCUT2D eigenvalue weighted by molar-refractivity contribution is 5.97. The molecule has 2 aromatic carbocycles. The van der Waals surface area contributed by atoms with Crippen LogP contribution in [0.5, 0.6) is 5.75 Å². The highest BCUT2D eigenvalue weighted by atomic mass is 16.5. The average Bonchev–Trinajstić information content (AvgIpc) is 3.00. The molecule has 3 rings (SSSR count). The van der Waals surface area contributed by atoms with Gasteiger partial charge in [-0.05, 0) is 49.7 Å². The lowest BCUT2D eigenvalue weighted by atomic mass is 10.1. The summed E-state index contributed by atoms with van der Waals surface area (Å²) in [5.74, 6) is 0.553. The Morgan fingerprint density at radius 1 is 1.04 bits per heavy atom. The van der Waals surface area contributed by atoms with E-state index in [2.05, 4.69) is 5.32 Å². The van der Waals surface area contributed by atoms with Crippen LogP contribution >= 0.6 is 0 Å². The molecular weight excluding hydrogens is 340 g/mol. The number of benzene rings is 2. The van der Waals surface area contributed by atoms with E-state index < -0.39 is 0 Å². The predicted molar refractivity (Wildman–Crippen MR) is 106 cm³/mol. The summed E-state index contributed by atoms with van der Waals surface area (Å²) in [5.41, 5.74) is 3.92. The van der Waals surface area contributed by atoms with Crippen LogP contribution in [0.15, 0.2) is 60.7 Å². The van der Waals surface area contributed by atoms with Crippen LogP contribution in [-0.4, -0.2) is 23.4 Å². The van der Waals surface area contributed by atoms with E-state index in [-0.39, 0.29) is 18.2 Å². The van der Waals surface area contributed by atoms with Crippen molar-refractivity contribution in [3.8, 4) is 17.0 Å². The van der Waals surface area contributed by atoms with Gasteiger partial charge in [0.2, 0.25) is 5.91 Å². The third-order valence-corrected chi connectivity index (χ3v) is 4.49. The summed E-state index contributed by atoms with van der Waals surface area (Å²) in [6.07, 6.45) is 0. The minimum absolute atomic E-state index is 0.0148. The normalized spacial score (nSPS) is 10.5. The zero-order chi connectivity index (χ0) is 19.4. The lowest BCUT2D eigenvalue weighted by Gasteiger charge is -2.13. The van der Waals surface area contributed by atoms with Gasteiger partial charge in [-0.3, -0.25) is 9.59 Å². The first-order chi connectivity index (χ1) is 13.0. The number of nitrogens with zero attached hydrogens (tertiary/aromatic N) is 1. The second-order valence-corrected chi connectivity index (χ2v) is 6.31. The topological polar surface area (TPSA) is 60.3 Å². The van der Waals surface area contributed by atoms with Crippen LogP contribution in [0.4, 0.5) is 5.69 Å². The summed E-state index contributed by atoms with van der Waals surface area (Å²) in [4.78, 5) is 24.6. The lowest BCUT2D eigenvalue weighted by molar-refractivity contribution is -0.116. The van der Waals surface area contributed by atoms with Crippen molar-refractivity contribution < 1.29 is 14.3 Å². The summed E-state index contributed by atoms with van der Waals surface area (Å²) in [7, 11) is 1.60. The molecule has 0 fully saturated rings. The predicted octanol–water partition coefficient (Wildman–Crippen LogP) is 4.31. The molecule has 0 atom stereocenters. The summed E-state index contributed by atoms with van der Waals surface area (Å²) >= 11 is 0. The van der Waals surface area contributed by atoms with Crippen LogP contribution in [-0.2, 0) is 11.3 Å². The standard InChI is InChI=1S/C22H22N2O3/c1-15-20(16(2)25)13-21(17-7-5-4-6-8-17)24(15)14-22(26)23-18-9-11-19(27-3)12-10-18/h4-13H,14H2,1-3H3,(H,23,26). The van der Waals surface area contributed by atoms with E-state index >= 15 is 0 Å². The number of hydrogen-bond donors (Lipinski definition) is 1. The largest absolute Gasteiger partial charge is 0.497 e. The Bertz CT molecular complexity index is 957. The molecule has 3 aromatic rings. The molecule has 1 aromatic heterocycles.